The van der Waals surface area contributed by atoms with Crippen LogP contribution in [0.15, 0.2) is 0 Å². The van der Waals surface area contributed by atoms with Crippen molar-refractivity contribution < 1.29 is 4.74 Å². The summed E-state index contributed by atoms with van der Waals surface area (Å²) in [5.74, 6) is 1.53. The van der Waals surface area contributed by atoms with Crippen molar-refractivity contribution in [1.82, 2.24) is 5.32 Å². The van der Waals surface area contributed by atoms with Crippen molar-refractivity contribution >= 4 is 0 Å². The van der Waals surface area contributed by atoms with E-state index in [2.05, 4.69) is 33.0 Å². The smallest absolute Gasteiger partial charge is 0.0576 e. The van der Waals surface area contributed by atoms with Crippen LogP contribution in [0.1, 0.15) is 66.2 Å². The first-order chi connectivity index (χ1) is 8.65. The standard InChI is InChI=1S/C16H33NO/c1-5-11-17-16(14(4)13(2)3)10-6-8-15-9-7-12-18-15/h13-17H,5-12H2,1-4H3. The Morgan fingerprint density at radius 3 is 2.61 bits per heavy atom. The minimum Gasteiger partial charge on any atom is -0.378 e. The number of ether oxygens (including phenoxy) is 1. The lowest BCUT2D eigenvalue weighted by Gasteiger charge is -2.28. The zero-order chi connectivity index (χ0) is 13.4. The summed E-state index contributed by atoms with van der Waals surface area (Å²) in [6.45, 7) is 11.5. The van der Waals surface area contributed by atoms with Crippen molar-refractivity contribution in [3.63, 3.8) is 0 Å². The van der Waals surface area contributed by atoms with Gasteiger partial charge >= 0.3 is 0 Å². The Kier molecular flexibility index (Phi) is 7.92. The zero-order valence-electron chi connectivity index (χ0n) is 12.9. The molecule has 1 aliphatic heterocycles. The van der Waals surface area contributed by atoms with E-state index in [0.29, 0.717) is 12.1 Å². The van der Waals surface area contributed by atoms with Crippen LogP contribution >= 0.6 is 0 Å². The topological polar surface area (TPSA) is 21.3 Å². The van der Waals surface area contributed by atoms with E-state index in [1.807, 2.05) is 0 Å². The molecule has 1 rings (SSSR count). The van der Waals surface area contributed by atoms with E-state index in [4.69, 9.17) is 4.74 Å². The van der Waals surface area contributed by atoms with Gasteiger partial charge in [0.05, 0.1) is 6.10 Å². The van der Waals surface area contributed by atoms with E-state index in [1.165, 1.54) is 38.5 Å². The summed E-state index contributed by atoms with van der Waals surface area (Å²) in [7, 11) is 0. The van der Waals surface area contributed by atoms with Gasteiger partial charge in [-0.15, -0.1) is 0 Å². The number of nitrogens with one attached hydrogen (secondary N) is 1. The highest BCUT2D eigenvalue weighted by Gasteiger charge is 2.21. The third-order valence-electron chi connectivity index (χ3n) is 4.41. The van der Waals surface area contributed by atoms with Gasteiger partial charge in [0.15, 0.2) is 0 Å². The van der Waals surface area contributed by atoms with Crippen molar-refractivity contribution in [3.8, 4) is 0 Å². The Morgan fingerprint density at radius 1 is 1.28 bits per heavy atom. The van der Waals surface area contributed by atoms with Crippen LogP contribution in [0.3, 0.4) is 0 Å². The Balaban J connectivity index is 2.25. The molecule has 0 aromatic heterocycles. The van der Waals surface area contributed by atoms with E-state index >= 15 is 0 Å². The fourth-order valence-corrected chi connectivity index (χ4v) is 2.78. The Morgan fingerprint density at radius 2 is 2.06 bits per heavy atom. The summed E-state index contributed by atoms with van der Waals surface area (Å²) in [6, 6.07) is 0.686. The monoisotopic (exact) mass is 255 g/mol. The van der Waals surface area contributed by atoms with Gasteiger partial charge in [-0.3, -0.25) is 0 Å². The molecule has 0 bridgehead atoms. The predicted octanol–water partition coefficient (Wildman–Crippen LogP) is 4.00. The molecule has 0 aromatic carbocycles. The molecule has 0 radical (unpaired) electrons. The molecule has 3 atom stereocenters. The van der Waals surface area contributed by atoms with Crippen molar-refractivity contribution in [2.24, 2.45) is 11.8 Å². The van der Waals surface area contributed by atoms with E-state index in [1.54, 1.807) is 0 Å². The number of hydrogen-bond acceptors (Lipinski definition) is 2. The highest BCUT2D eigenvalue weighted by atomic mass is 16.5. The third kappa shape index (κ3) is 5.71. The molecular formula is C16H33NO. The second-order valence-electron chi connectivity index (χ2n) is 6.23. The minimum absolute atomic E-state index is 0.561. The average molecular weight is 255 g/mol. The van der Waals surface area contributed by atoms with Crippen LogP contribution in [0.4, 0.5) is 0 Å². The molecule has 1 saturated heterocycles. The van der Waals surface area contributed by atoms with Crippen LogP contribution in [0, 0.1) is 11.8 Å². The lowest BCUT2D eigenvalue weighted by molar-refractivity contribution is 0.100. The van der Waals surface area contributed by atoms with E-state index < -0.39 is 0 Å². The molecule has 0 amide bonds. The molecule has 2 nitrogen and oxygen atoms in total. The zero-order valence-corrected chi connectivity index (χ0v) is 12.9. The van der Waals surface area contributed by atoms with Crippen molar-refractivity contribution in [2.75, 3.05) is 13.2 Å². The quantitative estimate of drug-likeness (QED) is 0.672. The lowest BCUT2D eigenvalue weighted by Crippen LogP contribution is -2.37. The molecule has 0 aliphatic carbocycles. The van der Waals surface area contributed by atoms with Crippen LogP contribution in [0.25, 0.3) is 0 Å². The first-order valence-corrected chi connectivity index (χ1v) is 8.00. The highest BCUT2D eigenvalue weighted by Crippen LogP contribution is 2.22. The molecule has 3 unspecified atom stereocenters. The molecule has 18 heavy (non-hydrogen) atoms. The number of hydrogen-bond donors (Lipinski definition) is 1. The van der Waals surface area contributed by atoms with Gasteiger partial charge in [-0.25, -0.2) is 0 Å². The number of rotatable bonds is 9. The molecule has 1 fully saturated rings. The molecular weight excluding hydrogens is 222 g/mol. The van der Waals surface area contributed by atoms with Gasteiger partial charge in [0.1, 0.15) is 0 Å². The van der Waals surface area contributed by atoms with E-state index in [9.17, 15) is 0 Å². The van der Waals surface area contributed by atoms with Crippen LogP contribution < -0.4 is 5.32 Å². The Hall–Kier alpha value is -0.0800. The van der Waals surface area contributed by atoms with Gasteiger partial charge in [0.2, 0.25) is 0 Å². The summed E-state index contributed by atoms with van der Waals surface area (Å²) in [4.78, 5) is 0. The van der Waals surface area contributed by atoms with E-state index in [-0.39, 0.29) is 0 Å². The SMILES string of the molecule is CCCNC(CCCC1CCCO1)C(C)C(C)C. The summed E-state index contributed by atoms with van der Waals surface area (Å²) in [5, 5.41) is 3.74. The first kappa shape index (κ1) is 16.0. The first-order valence-electron chi connectivity index (χ1n) is 8.00. The molecule has 108 valence electrons. The van der Waals surface area contributed by atoms with Crippen LogP contribution in [-0.2, 0) is 4.74 Å². The summed E-state index contributed by atoms with van der Waals surface area (Å²) in [5.41, 5.74) is 0. The summed E-state index contributed by atoms with van der Waals surface area (Å²) in [6.07, 6.45) is 8.22. The Bertz CT molecular complexity index is 199. The molecule has 2 heteroatoms. The van der Waals surface area contributed by atoms with Crippen LogP contribution in [0.2, 0.25) is 0 Å². The van der Waals surface area contributed by atoms with Gasteiger partial charge < -0.3 is 10.1 Å². The van der Waals surface area contributed by atoms with Gasteiger partial charge in [-0.2, -0.15) is 0 Å². The van der Waals surface area contributed by atoms with E-state index in [0.717, 1.165) is 25.0 Å². The predicted molar refractivity (Wildman–Crippen MR) is 78.9 cm³/mol. The van der Waals surface area contributed by atoms with Gasteiger partial charge in [-0.1, -0.05) is 27.7 Å². The highest BCUT2D eigenvalue weighted by molar-refractivity contribution is 4.76. The van der Waals surface area contributed by atoms with Gasteiger partial charge in [0.25, 0.3) is 0 Å². The average Bonchev–Trinajstić information content (AvgIpc) is 2.85. The molecule has 0 spiro atoms. The fraction of sp³-hybridized carbons (Fsp3) is 1.00. The van der Waals surface area contributed by atoms with Crippen LogP contribution in [0.5, 0.6) is 0 Å². The molecule has 1 heterocycles. The van der Waals surface area contributed by atoms with Gasteiger partial charge in [-0.05, 0) is 56.9 Å². The van der Waals surface area contributed by atoms with Crippen molar-refractivity contribution in [2.45, 2.75) is 78.4 Å². The molecule has 0 saturated carbocycles. The second kappa shape index (κ2) is 8.92. The van der Waals surface area contributed by atoms with Crippen molar-refractivity contribution in [3.05, 3.63) is 0 Å². The normalized spacial score (nSPS) is 23.5. The maximum atomic E-state index is 5.70. The maximum absolute atomic E-state index is 5.70. The fourth-order valence-electron chi connectivity index (χ4n) is 2.78. The summed E-state index contributed by atoms with van der Waals surface area (Å²) < 4.78 is 5.70. The molecule has 0 aromatic rings. The molecule has 1 aliphatic rings. The molecule has 1 N–H and O–H groups in total. The summed E-state index contributed by atoms with van der Waals surface area (Å²) >= 11 is 0. The third-order valence-corrected chi connectivity index (χ3v) is 4.41. The van der Waals surface area contributed by atoms with Crippen molar-refractivity contribution in [1.29, 1.82) is 0 Å². The minimum atomic E-state index is 0.561. The largest absolute Gasteiger partial charge is 0.378 e. The maximum Gasteiger partial charge on any atom is 0.0576 e. The Labute approximate surface area is 114 Å². The van der Waals surface area contributed by atoms with Crippen LogP contribution in [-0.4, -0.2) is 25.3 Å². The van der Waals surface area contributed by atoms with Gasteiger partial charge in [0, 0.05) is 12.6 Å². The lowest BCUT2D eigenvalue weighted by atomic mass is 9.87. The second-order valence-corrected chi connectivity index (χ2v) is 6.23.